The second kappa shape index (κ2) is 7.32. The molecule has 4 rings (SSSR count). The van der Waals surface area contributed by atoms with Crippen molar-refractivity contribution in [2.75, 3.05) is 6.54 Å². The van der Waals surface area contributed by atoms with Crippen molar-refractivity contribution in [1.29, 1.82) is 0 Å². The largest absolute Gasteiger partial charge is 0.314 e. The molecule has 0 atom stereocenters. The zero-order valence-electron chi connectivity index (χ0n) is 15.3. The first-order valence-electron chi connectivity index (χ1n) is 8.92. The van der Waals surface area contributed by atoms with Crippen molar-refractivity contribution in [3.63, 3.8) is 0 Å². The Balaban J connectivity index is 1.70. The maximum atomic E-state index is 14.3. The molecule has 2 heterocycles. The van der Waals surface area contributed by atoms with Gasteiger partial charge in [-0.2, -0.15) is 4.99 Å². The van der Waals surface area contributed by atoms with Crippen molar-refractivity contribution >= 4 is 39.3 Å². The normalized spacial score (nSPS) is 14.2. The van der Waals surface area contributed by atoms with E-state index in [1.54, 1.807) is 12.1 Å². The van der Waals surface area contributed by atoms with Gasteiger partial charge in [-0.25, -0.2) is 8.78 Å². The first-order chi connectivity index (χ1) is 13.9. The monoisotopic (exact) mass is 415 g/mol. The van der Waals surface area contributed by atoms with Gasteiger partial charge in [0.15, 0.2) is 10.6 Å². The molecule has 1 aromatic heterocycles. The topological polar surface area (TPSA) is 71.7 Å². The lowest BCUT2D eigenvalue weighted by molar-refractivity contribution is -0.118. The van der Waals surface area contributed by atoms with Crippen LogP contribution in [0.5, 0.6) is 0 Å². The van der Waals surface area contributed by atoms with E-state index < -0.39 is 35.9 Å². The Morgan fingerprint density at radius 1 is 1.10 bits per heavy atom. The SMILES string of the molecule is CCCn1c(=NC(=O)CN2C(=O)c3ccccc3C2=O)sc2cc(F)cc(F)c21. The van der Waals surface area contributed by atoms with Crippen molar-refractivity contribution in [3.05, 3.63) is 64.0 Å². The predicted molar refractivity (Wildman–Crippen MR) is 102 cm³/mol. The molecule has 0 bridgehead atoms. The van der Waals surface area contributed by atoms with Gasteiger partial charge < -0.3 is 4.57 Å². The summed E-state index contributed by atoms with van der Waals surface area (Å²) < 4.78 is 29.7. The highest BCUT2D eigenvalue weighted by molar-refractivity contribution is 7.16. The van der Waals surface area contributed by atoms with Crippen LogP contribution in [0.3, 0.4) is 0 Å². The number of carbonyl (C=O) groups excluding carboxylic acids is 3. The average Bonchev–Trinajstić information content (AvgIpc) is 3.13. The lowest BCUT2D eigenvalue weighted by atomic mass is 10.1. The minimum absolute atomic E-state index is 0.172. The minimum atomic E-state index is -0.737. The Bertz CT molecular complexity index is 1210. The summed E-state index contributed by atoms with van der Waals surface area (Å²) >= 11 is 0.974. The third kappa shape index (κ3) is 3.27. The summed E-state index contributed by atoms with van der Waals surface area (Å²) in [6, 6.07) is 8.29. The highest BCUT2D eigenvalue weighted by Gasteiger charge is 2.36. The van der Waals surface area contributed by atoms with Crippen LogP contribution in [0.15, 0.2) is 41.4 Å². The number of nitrogens with zero attached hydrogens (tertiary/aromatic N) is 3. The van der Waals surface area contributed by atoms with Gasteiger partial charge in [0.05, 0.1) is 21.3 Å². The number of hydrogen-bond donors (Lipinski definition) is 0. The lowest BCUT2D eigenvalue weighted by Crippen LogP contribution is -2.35. The molecule has 2 aromatic carbocycles. The van der Waals surface area contributed by atoms with Crippen LogP contribution >= 0.6 is 11.3 Å². The molecule has 0 saturated heterocycles. The summed E-state index contributed by atoms with van der Waals surface area (Å²) in [5, 5.41) is 0. The molecule has 0 saturated carbocycles. The number of imide groups is 1. The van der Waals surface area contributed by atoms with Gasteiger partial charge in [-0.1, -0.05) is 30.4 Å². The fraction of sp³-hybridized carbons (Fsp3) is 0.200. The Morgan fingerprint density at radius 3 is 2.38 bits per heavy atom. The molecule has 0 spiro atoms. The molecule has 3 amide bonds. The summed E-state index contributed by atoms with van der Waals surface area (Å²) in [4.78, 5) is 42.3. The van der Waals surface area contributed by atoms with Gasteiger partial charge in [0.1, 0.15) is 12.4 Å². The van der Waals surface area contributed by atoms with Crippen molar-refractivity contribution in [2.45, 2.75) is 19.9 Å². The van der Waals surface area contributed by atoms with E-state index in [-0.39, 0.29) is 21.4 Å². The fourth-order valence-corrected chi connectivity index (χ4v) is 4.42. The third-order valence-corrected chi connectivity index (χ3v) is 5.56. The summed E-state index contributed by atoms with van der Waals surface area (Å²) in [6.45, 7) is 1.73. The highest BCUT2D eigenvalue weighted by atomic mass is 32.1. The summed E-state index contributed by atoms with van der Waals surface area (Å²) in [6.07, 6.45) is 0.641. The molecule has 3 aromatic rings. The molecular formula is C20H15F2N3O3S. The molecule has 0 radical (unpaired) electrons. The van der Waals surface area contributed by atoms with Gasteiger partial charge in [0, 0.05) is 12.6 Å². The summed E-state index contributed by atoms with van der Waals surface area (Å²) in [5.41, 5.74) is 0.655. The van der Waals surface area contributed by atoms with E-state index in [9.17, 15) is 23.2 Å². The predicted octanol–water partition coefficient (Wildman–Crippen LogP) is 3.11. The molecule has 9 heteroatoms. The van der Waals surface area contributed by atoms with Crippen LogP contribution in [0.25, 0.3) is 10.2 Å². The Morgan fingerprint density at radius 2 is 1.76 bits per heavy atom. The lowest BCUT2D eigenvalue weighted by Gasteiger charge is -2.10. The second-order valence-corrected chi connectivity index (χ2v) is 7.53. The maximum Gasteiger partial charge on any atom is 0.268 e. The van der Waals surface area contributed by atoms with Crippen molar-refractivity contribution in [3.8, 4) is 0 Å². The molecular weight excluding hydrogens is 400 g/mol. The second-order valence-electron chi connectivity index (χ2n) is 6.52. The molecule has 1 aliphatic rings. The van der Waals surface area contributed by atoms with E-state index in [1.165, 1.54) is 22.8 Å². The zero-order chi connectivity index (χ0) is 20.7. The Hall–Kier alpha value is -3.20. The Labute approximate surface area is 167 Å². The van der Waals surface area contributed by atoms with E-state index >= 15 is 0 Å². The van der Waals surface area contributed by atoms with Crippen molar-refractivity contribution in [1.82, 2.24) is 9.47 Å². The maximum absolute atomic E-state index is 14.3. The molecule has 29 heavy (non-hydrogen) atoms. The number of aromatic nitrogens is 1. The number of aryl methyl sites for hydroxylation is 1. The highest BCUT2D eigenvalue weighted by Crippen LogP contribution is 2.24. The zero-order valence-corrected chi connectivity index (χ0v) is 16.1. The number of thiazole rings is 1. The first kappa shape index (κ1) is 19.1. The van der Waals surface area contributed by atoms with Crippen LogP contribution in [0, 0.1) is 11.6 Å². The number of rotatable bonds is 4. The number of hydrogen-bond acceptors (Lipinski definition) is 4. The van der Waals surface area contributed by atoms with Gasteiger partial charge in [-0.05, 0) is 24.6 Å². The van der Waals surface area contributed by atoms with E-state index in [2.05, 4.69) is 4.99 Å². The Kier molecular flexibility index (Phi) is 4.83. The van der Waals surface area contributed by atoms with Gasteiger partial charge in [0.25, 0.3) is 17.7 Å². The van der Waals surface area contributed by atoms with E-state index in [0.29, 0.717) is 17.7 Å². The molecule has 0 unspecified atom stereocenters. The average molecular weight is 415 g/mol. The van der Waals surface area contributed by atoms with E-state index in [4.69, 9.17) is 0 Å². The van der Waals surface area contributed by atoms with Gasteiger partial charge >= 0.3 is 0 Å². The van der Waals surface area contributed by atoms with Crippen molar-refractivity contribution in [2.24, 2.45) is 4.99 Å². The quantitative estimate of drug-likeness (QED) is 0.615. The fourth-order valence-electron chi connectivity index (χ4n) is 3.31. The number of benzene rings is 2. The molecule has 148 valence electrons. The summed E-state index contributed by atoms with van der Waals surface area (Å²) in [7, 11) is 0. The third-order valence-electron chi connectivity index (χ3n) is 4.53. The van der Waals surface area contributed by atoms with Crippen molar-refractivity contribution < 1.29 is 23.2 Å². The van der Waals surface area contributed by atoms with Crippen LogP contribution in [-0.4, -0.2) is 33.7 Å². The number of carbonyl (C=O) groups is 3. The summed E-state index contributed by atoms with van der Waals surface area (Å²) in [5.74, 6) is -3.29. The molecule has 6 nitrogen and oxygen atoms in total. The standard InChI is InChI=1S/C20H15F2N3O3S/c1-2-7-24-17-14(22)8-11(21)9-15(17)29-20(24)23-16(26)10-25-18(27)12-5-3-4-6-13(12)19(25)28/h3-6,8-9H,2,7,10H2,1H3. The smallest absolute Gasteiger partial charge is 0.268 e. The van der Waals surface area contributed by atoms with Crippen LogP contribution < -0.4 is 4.80 Å². The molecule has 0 N–H and O–H groups in total. The minimum Gasteiger partial charge on any atom is -0.314 e. The van der Waals surface area contributed by atoms with Crippen LogP contribution in [0.1, 0.15) is 34.1 Å². The van der Waals surface area contributed by atoms with E-state index in [1.807, 2.05) is 6.92 Å². The number of fused-ring (bicyclic) bond motifs is 2. The molecule has 0 aliphatic carbocycles. The number of halogens is 2. The molecule has 0 fully saturated rings. The van der Waals surface area contributed by atoms with Crippen LogP contribution in [0.4, 0.5) is 8.78 Å². The van der Waals surface area contributed by atoms with Crippen LogP contribution in [0.2, 0.25) is 0 Å². The van der Waals surface area contributed by atoms with Gasteiger partial charge in [-0.15, -0.1) is 0 Å². The van der Waals surface area contributed by atoms with Crippen LogP contribution in [-0.2, 0) is 11.3 Å². The van der Waals surface area contributed by atoms with E-state index in [0.717, 1.165) is 22.3 Å². The first-order valence-corrected chi connectivity index (χ1v) is 9.73. The number of amides is 3. The van der Waals surface area contributed by atoms with Gasteiger partial charge in [0.2, 0.25) is 0 Å². The van der Waals surface area contributed by atoms with Gasteiger partial charge in [-0.3, -0.25) is 19.3 Å². The molecule has 1 aliphatic heterocycles.